The number of fused-ring (bicyclic) bond motifs is 12. The number of aliphatic hydroxyl groups excluding tert-OH is 1. The zero-order valence-electron chi connectivity index (χ0n) is 61.6. The molecular formula is C91H74BBr4Cs2FIN3O7. The van der Waals surface area contributed by atoms with Crippen LogP contribution in [0.15, 0.2) is 358 Å². The standard InChI is InChI=1S/C24H16BrN.C18H14BNO2.C18H12BrN.C13H10.C6H4BrF.C6H4BrI.C4H8O.CH2O3.CH4O.2Cs.H/c25-18-15-13-17(14-16-18)19-7-1-4-10-22(19)26-23-11-5-2-8-20(23)21-9-3-6-12-24(21)26;21-19(22)15-9-3-6-12-18(15)20-16-10-4-1-7-13(16)14-8-2-5-11-17(14)20;19-15-9-3-6-12-18(15)20-16-10-4-1-7-13(16)14-8-2-5-11-17(14)20;1-3-7-12-10(5-1)9-11-6-2-4-8-13(11)12;7-5-3-1-2-4-6(5)8;7-5-1-3-6(8)4-2-5;1-2-4-5-3-1;2-1-4-3;1-2;;;/h1-16H;1-12,21-22H;1-12H;1-8H,9H2;2*1-4H;1-4H2;1,3H;2H,1H3;;;/q;;;;;;;;;2*+1;-1/p-1. The molecule has 1 saturated heterocycles. The summed E-state index contributed by atoms with van der Waals surface area (Å²) in [6.45, 7) is 1.82. The molecule has 542 valence electrons. The molecule has 17 aromatic rings. The fourth-order valence-corrected chi connectivity index (χ4v) is 14.7. The monoisotopic (exact) mass is 2060 g/mol. The Kier molecular flexibility index (Phi) is 36.6. The fraction of sp³-hybridized carbons (Fsp3) is 0.0659. The van der Waals surface area contributed by atoms with Crippen molar-refractivity contribution in [3.63, 3.8) is 0 Å². The summed E-state index contributed by atoms with van der Waals surface area (Å²) < 4.78 is 29.1. The molecule has 19 rings (SSSR count). The van der Waals surface area contributed by atoms with Gasteiger partial charge in [-0.1, -0.05) is 262 Å². The zero-order chi connectivity index (χ0) is 75.7. The maximum atomic E-state index is 12.3. The topological polar surface area (TPSA) is 134 Å². The van der Waals surface area contributed by atoms with E-state index in [1.807, 2.05) is 60.7 Å². The molecule has 0 radical (unpaired) electrons. The Hall–Kier alpha value is -5.50. The van der Waals surface area contributed by atoms with E-state index in [1.54, 1.807) is 24.3 Å². The van der Waals surface area contributed by atoms with Crippen LogP contribution in [0.4, 0.5) is 4.39 Å². The van der Waals surface area contributed by atoms with Crippen molar-refractivity contribution < 1.29 is 178 Å². The summed E-state index contributed by atoms with van der Waals surface area (Å²) >= 11 is 15.8. The maximum Gasteiger partial charge on any atom is 1.00 e. The van der Waals surface area contributed by atoms with Gasteiger partial charge in [-0.25, -0.2) is 4.39 Å². The van der Waals surface area contributed by atoms with Crippen molar-refractivity contribution in [1.29, 1.82) is 0 Å². The van der Waals surface area contributed by atoms with E-state index in [-0.39, 0.29) is 152 Å². The van der Waals surface area contributed by atoms with Gasteiger partial charge in [0.05, 0.1) is 48.9 Å². The number of hydrogen-bond acceptors (Lipinski definition) is 7. The first-order chi connectivity index (χ1) is 52.9. The van der Waals surface area contributed by atoms with Gasteiger partial charge in [-0.05, 0) is 211 Å². The molecule has 3 N–H and O–H groups in total. The SMILES string of the molecule is Brc1ccc(-c2ccccc2-n2c3ccccc3c3ccccc32)cc1.Brc1ccc(I)cc1.Brc1ccccc1-n1c2ccccc2c2ccccc21.C1CCOC1.CO.Fc1ccccc1Br.O=CO[O-].OB(O)c1ccccc1-n1c2ccccc2c2ccccc21.[Cs+].[Cs+].[H-].c1ccc2c(c1)Cc1ccccc1-2. The van der Waals surface area contributed by atoms with Crippen LogP contribution in [-0.4, -0.2) is 62.8 Å². The van der Waals surface area contributed by atoms with Crippen LogP contribution in [0.25, 0.3) is 105 Å². The van der Waals surface area contributed by atoms with Crippen molar-refractivity contribution in [2.75, 3.05) is 20.3 Å². The predicted octanol–water partition coefficient (Wildman–Crippen LogP) is 17.1. The molecule has 0 spiro atoms. The molecule has 4 heterocycles. The number of aliphatic hydroxyl groups is 1. The Labute approximate surface area is 806 Å². The summed E-state index contributed by atoms with van der Waals surface area (Å²) in [7, 11) is -0.504. The normalized spacial score (nSPS) is 11.1. The van der Waals surface area contributed by atoms with Gasteiger partial charge >= 0.3 is 145 Å². The molecule has 3 aromatic heterocycles. The molecule has 14 aromatic carbocycles. The smallest absolute Gasteiger partial charge is 1.00 e. The molecule has 110 heavy (non-hydrogen) atoms. The molecule has 1 fully saturated rings. The van der Waals surface area contributed by atoms with Gasteiger partial charge in [0.25, 0.3) is 6.47 Å². The number of benzene rings is 14. The first-order valence-electron chi connectivity index (χ1n) is 34.6. The minimum atomic E-state index is -1.50. The predicted molar refractivity (Wildman–Crippen MR) is 465 cm³/mol. The van der Waals surface area contributed by atoms with Gasteiger partial charge in [-0.2, -0.15) is 0 Å². The van der Waals surface area contributed by atoms with E-state index in [1.165, 1.54) is 111 Å². The summed E-state index contributed by atoms with van der Waals surface area (Å²) in [5.74, 6) is -0.215. The summed E-state index contributed by atoms with van der Waals surface area (Å²) in [5.41, 5.74) is 18.9. The summed E-state index contributed by atoms with van der Waals surface area (Å²) in [4.78, 5) is 11.2. The van der Waals surface area contributed by atoms with Gasteiger partial charge in [0.1, 0.15) is 5.82 Å². The van der Waals surface area contributed by atoms with Crippen LogP contribution in [0.3, 0.4) is 0 Å². The Morgan fingerprint density at radius 1 is 0.409 bits per heavy atom. The Morgan fingerprint density at radius 2 is 0.718 bits per heavy atom. The molecule has 0 amide bonds. The van der Waals surface area contributed by atoms with Crippen molar-refractivity contribution >= 4 is 171 Å². The molecule has 0 atom stereocenters. The van der Waals surface area contributed by atoms with Gasteiger partial charge in [-0.15, -0.1) is 0 Å². The van der Waals surface area contributed by atoms with Crippen LogP contribution in [0, 0.1) is 9.39 Å². The van der Waals surface area contributed by atoms with Crippen LogP contribution >= 0.6 is 86.3 Å². The first kappa shape index (κ1) is 88.4. The van der Waals surface area contributed by atoms with E-state index >= 15 is 0 Å². The Morgan fingerprint density at radius 3 is 1.07 bits per heavy atom. The number of aromatic nitrogens is 3. The minimum absolute atomic E-state index is 0. The van der Waals surface area contributed by atoms with Crippen LogP contribution in [-0.2, 0) is 20.8 Å². The molecule has 10 nitrogen and oxygen atoms in total. The van der Waals surface area contributed by atoms with Gasteiger partial charge in [0, 0.05) is 86.3 Å². The molecule has 1 aliphatic carbocycles. The van der Waals surface area contributed by atoms with Gasteiger partial charge in [0.15, 0.2) is 0 Å². The van der Waals surface area contributed by atoms with Crippen molar-refractivity contribution in [3.8, 4) is 39.3 Å². The van der Waals surface area contributed by atoms with Crippen molar-refractivity contribution in [3.05, 3.63) is 378 Å². The van der Waals surface area contributed by atoms with E-state index in [2.05, 4.69) is 354 Å². The summed E-state index contributed by atoms with van der Waals surface area (Å²) in [6.07, 6.45) is 3.66. The van der Waals surface area contributed by atoms with Gasteiger partial charge < -0.3 is 45.2 Å². The van der Waals surface area contributed by atoms with Crippen molar-refractivity contribution in [1.82, 2.24) is 13.7 Å². The number of carbonyl (C=O) groups is 1. The third kappa shape index (κ3) is 22.5. The summed E-state index contributed by atoms with van der Waals surface area (Å²) in [5, 5.41) is 42.3. The zero-order valence-corrected chi connectivity index (χ0v) is 81.7. The molecular weight excluding hydrogens is 1990 g/mol. The third-order valence-corrected chi connectivity index (χ3v) is 20.9. The molecule has 19 heteroatoms. The maximum absolute atomic E-state index is 12.3. The van der Waals surface area contributed by atoms with E-state index < -0.39 is 7.12 Å². The second-order valence-corrected chi connectivity index (χ2v) is 29.2. The molecule has 1 aliphatic heterocycles. The number of para-hydroxylation sites is 9. The van der Waals surface area contributed by atoms with Crippen LogP contribution in [0.2, 0.25) is 0 Å². The largest absolute Gasteiger partial charge is 1.00 e. The quantitative estimate of drug-likeness (QED) is 0.0496. The molecule has 0 bridgehead atoms. The van der Waals surface area contributed by atoms with Crippen molar-refractivity contribution in [2.45, 2.75) is 19.3 Å². The average Bonchev–Trinajstić information content (AvgIpc) is 1.62. The van der Waals surface area contributed by atoms with Crippen LogP contribution < -0.4 is 149 Å². The van der Waals surface area contributed by atoms with E-state index in [0.717, 1.165) is 67.7 Å². The third-order valence-electron chi connectivity index (χ3n) is 17.8. The second kappa shape index (κ2) is 45.6. The van der Waals surface area contributed by atoms with E-state index in [4.69, 9.17) is 19.9 Å². The Balaban J connectivity index is 0.000000168. The minimum Gasteiger partial charge on any atom is -1.00 e. The van der Waals surface area contributed by atoms with Gasteiger partial charge in [-0.3, -0.25) is 4.79 Å². The molecule has 2 aliphatic rings. The molecule has 0 unspecified atom stereocenters. The number of carbonyl (C=O) groups excluding carboxylic acids is 1. The number of rotatable bonds is 6. The average molecular weight is 2060 g/mol. The van der Waals surface area contributed by atoms with Crippen LogP contribution in [0.1, 0.15) is 25.4 Å². The van der Waals surface area contributed by atoms with Gasteiger partial charge in [0.2, 0.25) is 0 Å². The first-order valence-corrected chi connectivity index (χ1v) is 38.9. The number of nitrogens with zero attached hydrogens (tertiary/aromatic N) is 3. The van der Waals surface area contributed by atoms with E-state index in [0.29, 0.717) is 9.94 Å². The number of halogens is 6. The van der Waals surface area contributed by atoms with Crippen LogP contribution in [0.5, 0.6) is 0 Å². The van der Waals surface area contributed by atoms with E-state index in [9.17, 15) is 14.4 Å². The number of hydrogen-bond donors (Lipinski definition) is 3. The van der Waals surface area contributed by atoms with Crippen molar-refractivity contribution in [2.24, 2.45) is 0 Å². The summed E-state index contributed by atoms with van der Waals surface area (Å²) in [6, 6.07) is 115. The molecule has 0 saturated carbocycles. The fourth-order valence-electron chi connectivity index (χ4n) is 13.1. The number of ether oxygens (including phenoxy) is 1. The Bertz CT molecular complexity index is 5560. The second-order valence-electron chi connectivity index (χ2n) is 24.4.